The first kappa shape index (κ1) is 14.0. The van der Waals surface area contributed by atoms with Crippen molar-refractivity contribution in [3.8, 4) is 5.75 Å². The summed E-state index contributed by atoms with van der Waals surface area (Å²) in [6, 6.07) is 4.90. The van der Waals surface area contributed by atoms with Gasteiger partial charge in [0.25, 0.3) is 0 Å². The maximum Gasteiger partial charge on any atom is 0.534 e. The minimum atomic E-state index is -5.74. The predicted molar refractivity (Wildman–Crippen MR) is 54.4 cm³/mol. The van der Waals surface area contributed by atoms with Gasteiger partial charge in [0.15, 0.2) is 5.75 Å². The molecule has 0 heterocycles. The fraction of sp³-hybridized carbons (Fsp3) is 0.250. The van der Waals surface area contributed by atoms with Gasteiger partial charge in [0.2, 0.25) is 0 Å². The first-order valence-electron chi connectivity index (χ1n) is 4.08. The fourth-order valence-electron chi connectivity index (χ4n) is 0.922. The zero-order valence-corrected chi connectivity index (χ0v) is 10.0. The highest BCUT2D eigenvalue weighted by molar-refractivity contribution is 7.88. The number of hydrogen-bond acceptors (Lipinski definition) is 4. The van der Waals surface area contributed by atoms with E-state index < -0.39 is 32.2 Å². The lowest BCUT2D eigenvalue weighted by molar-refractivity contribution is -0.0500. The molecular weight excluding hydrogens is 281 g/mol. The highest BCUT2D eigenvalue weighted by atomic mass is 32.2. The number of hydrogen-bond donors (Lipinski definition) is 0. The van der Waals surface area contributed by atoms with Crippen LogP contribution in [0, 0.1) is 0 Å². The van der Waals surface area contributed by atoms with Crippen LogP contribution in [-0.2, 0) is 20.9 Å². The molecule has 1 unspecified atom stereocenters. The minimum absolute atomic E-state index is 0.125. The number of para-hydroxylation sites is 1. The molecule has 0 radical (unpaired) electrons. The molecule has 0 aliphatic carbocycles. The Balaban J connectivity index is 3.18. The summed E-state index contributed by atoms with van der Waals surface area (Å²) in [5.41, 5.74) is -5.52. The van der Waals surface area contributed by atoms with Crippen LogP contribution in [0.3, 0.4) is 0 Å². The zero-order chi connectivity index (χ0) is 13.3. The topological polar surface area (TPSA) is 60.4 Å². The molecule has 17 heavy (non-hydrogen) atoms. The molecule has 9 heteroatoms. The smallest absolute Gasteiger partial charge is 0.375 e. The molecule has 4 nitrogen and oxygen atoms in total. The van der Waals surface area contributed by atoms with Crippen LogP contribution in [0.2, 0.25) is 0 Å². The van der Waals surface area contributed by atoms with Gasteiger partial charge >= 0.3 is 15.6 Å². The Hall–Kier alpha value is -1.09. The largest absolute Gasteiger partial charge is 0.534 e. The molecule has 0 fully saturated rings. The van der Waals surface area contributed by atoms with E-state index in [1.54, 1.807) is 0 Å². The summed E-state index contributed by atoms with van der Waals surface area (Å²) >= 11 is 0. The third kappa shape index (κ3) is 3.19. The van der Waals surface area contributed by atoms with Crippen molar-refractivity contribution < 1.29 is 30.0 Å². The zero-order valence-electron chi connectivity index (χ0n) is 8.39. The minimum Gasteiger partial charge on any atom is -0.375 e. The third-order valence-corrected chi connectivity index (χ3v) is 3.56. The van der Waals surface area contributed by atoms with E-state index in [4.69, 9.17) is 0 Å². The molecule has 0 aliphatic rings. The van der Waals surface area contributed by atoms with E-state index in [2.05, 4.69) is 4.18 Å². The van der Waals surface area contributed by atoms with Gasteiger partial charge < -0.3 is 4.18 Å². The van der Waals surface area contributed by atoms with Crippen molar-refractivity contribution in [1.82, 2.24) is 0 Å². The molecule has 1 rings (SSSR count). The summed E-state index contributed by atoms with van der Waals surface area (Å²) in [7, 11) is -7.40. The van der Waals surface area contributed by atoms with Gasteiger partial charge in [0, 0.05) is 6.26 Å². The Morgan fingerprint density at radius 2 is 1.76 bits per heavy atom. The first-order chi connectivity index (χ1) is 7.65. The van der Waals surface area contributed by atoms with Gasteiger partial charge in [-0.05, 0) is 12.1 Å². The second kappa shape index (κ2) is 4.65. The number of benzene rings is 1. The molecular formula is C8H7F3O4S2. The fourth-order valence-corrected chi connectivity index (χ4v) is 2.11. The van der Waals surface area contributed by atoms with Gasteiger partial charge in [-0.2, -0.15) is 21.6 Å². The quantitative estimate of drug-likeness (QED) is 0.627. The maximum absolute atomic E-state index is 12.1. The Bertz CT molecular complexity index is 536. The van der Waals surface area contributed by atoms with E-state index >= 15 is 0 Å². The number of alkyl halides is 3. The van der Waals surface area contributed by atoms with E-state index in [-0.39, 0.29) is 4.90 Å². The van der Waals surface area contributed by atoms with Crippen LogP contribution in [0.25, 0.3) is 0 Å². The Morgan fingerprint density at radius 3 is 2.24 bits per heavy atom. The summed E-state index contributed by atoms with van der Waals surface area (Å²) in [6.45, 7) is 0. The summed E-state index contributed by atoms with van der Waals surface area (Å²) in [5, 5.41) is 0. The molecule has 0 aliphatic heterocycles. The SMILES string of the molecule is CS(=O)c1ccccc1OS(=O)(=O)C(F)(F)F. The Kier molecular flexibility index (Phi) is 3.82. The van der Waals surface area contributed by atoms with Crippen molar-refractivity contribution >= 4 is 20.9 Å². The van der Waals surface area contributed by atoms with Gasteiger partial charge in [0.05, 0.1) is 15.7 Å². The molecule has 0 saturated heterocycles. The van der Waals surface area contributed by atoms with Crippen LogP contribution in [0.15, 0.2) is 29.2 Å². The van der Waals surface area contributed by atoms with Crippen molar-refractivity contribution in [2.75, 3.05) is 6.26 Å². The van der Waals surface area contributed by atoms with Crippen molar-refractivity contribution in [2.24, 2.45) is 0 Å². The van der Waals surface area contributed by atoms with E-state index in [1.807, 2.05) is 0 Å². The lowest BCUT2D eigenvalue weighted by Crippen LogP contribution is -2.28. The number of rotatable bonds is 3. The standard InChI is InChI=1S/C8H7F3O4S2/c1-16(12)7-5-3-2-4-6(7)15-17(13,14)8(9,10)11/h2-5H,1H3. The molecule has 1 aromatic rings. The van der Waals surface area contributed by atoms with Crippen LogP contribution in [-0.4, -0.2) is 24.4 Å². The van der Waals surface area contributed by atoms with Crippen molar-refractivity contribution in [2.45, 2.75) is 10.4 Å². The lowest BCUT2D eigenvalue weighted by Gasteiger charge is -2.11. The summed E-state index contributed by atoms with van der Waals surface area (Å²) < 4.78 is 72.8. The molecule has 0 saturated carbocycles. The molecule has 0 amide bonds. The van der Waals surface area contributed by atoms with Crippen molar-refractivity contribution in [3.05, 3.63) is 24.3 Å². The van der Waals surface area contributed by atoms with Crippen LogP contribution in [0.4, 0.5) is 13.2 Å². The van der Waals surface area contributed by atoms with Gasteiger partial charge in [-0.25, -0.2) is 0 Å². The van der Waals surface area contributed by atoms with Crippen molar-refractivity contribution in [1.29, 1.82) is 0 Å². The summed E-state index contributed by atoms with van der Waals surface area (Å²) in [4.78, 5) is -0.125. The Morgan fingerprint density at radius 1 is 1.24 bits per heavy atom. The highest BCUT2D eigenvalue weighted by Gasteiger charge is 2.48. The average Bonchev–Trinajstić information content (AvgIpc) is 2.15. The molecule has 0 aromatic heterocycles. The van der Waals surface area contributed by atoms with E-state index in [1.165, 1.54) is 24.5 Å². The predicted octanol–water partition coefficient (Wildman–Crippen LogP) is 1.65. The van der Waals surface area contributed by atoms with E-state index in [0.717, 1.165) is 6.07 Å². The van der Waals surface area contributed by atoms with Crippen LogP contribution < -0.4 is 4.18 Å². The normalized spacial score (nSPS) is 14.4. The average molecular weight is 288 g/mol. The lowest BCUT2D eigenvalue weighted by atomic mass is 10.3. The highest BCUT2D eigenvalue weighted by Crippen LogP contribution is 2.29. The van der Waals surface area contributed by atoms with E-state index in [0.29, 0.717) is 0 Å². The van der Waals surface area contributed by atoms with Crippen LogP contribution >= 0.6 is 0 Å². The van der Waals surface area contributed by atoms with E-state index in [9.17, 15) is 25.8 Å². The summed E-state index contributed by atoms with van der Waals surface area (Å²) in [5.74, 6) is -0.592. The monoisotopic (exact) mass is 288 g/mol. The molecule has 0 bridgehead atoms. The van der Waals surface area contributed by atoms with Gasteiger partial charge in [-0.3, -0.25) is 4.21 Å². The first-order valence-corrected chi connectivity index (χ1v) is 7.05. The van der Waals surface area contributed by atoms with Crippen molar-refractivity contribution in [3.63, 3.8) is 0 Å². The molecule has 0 spiro atoms. The second-order valence-electron chi connectivity index (χ2n) is 2.88. The molecule has 0 N–H and O–H groups in total. The van der Waals surface area contributed by atoms with Crippen LogP contribution in [0.5, 0.6) is 5.75 Å². The summed E-state index contributed by atoms with van der Waals surface area (Å²) in [6.07, 6.45) is 1.20. The van der Waals surface area contributed by atoms with Gasteiger partial charge in [0.1, 0.15) is 0 Å². The number of halogens is 3. The Labute approximate surface area is 98.0 Å². The molecule has 96 valence electrons. The molecule has 1 atom stereocenters. The maximum atomic E-state index is 12.1. The second-order valence-corrected chi connectivity index (χ2v) is 5.77. The van der Waals surface area contributed by atoms with Gasteiger partial charge in [-0.1, -0.05) is 12.1 Å². The molecule has 1 aromatic carbocycles. The van der Waals surface area contributed by atoms with Gasteiger partial charge in [-0.15, -0.1) is 0 Å². The van der Waals surface area contributed by atoms with Crippen LogP contribution in [0.1, 0.15) is 0 Å². The third-order valence-electron chi connectivity index (χ3n) is 1.64.